The maximum Gasteiger partial charge on any atom is 0.343 e. The molecule has 166 valence electrons. The van der Waals surface area contributed by atoms with Gasteiger partial charge in [0.2, 0.25) is 10.0 Å². The number of ether oxygens (including phenoxy) is 1. The fourth-order valence-corrected chi connectivity index (χ4v) is 5.81. The van der Waals surface area contributed by atoms with Crippen molar-refractivity contribution in [3.63, 3.8) is 0 Å². The number of thiazole rings is 1. The van der Waals surface area contributed by atoms with Gasteiger partial charge in [-0.2, -0.15) is 4.31 Å². The van der Waals surface area contributed by atoms with Crippen LogP contribution in [0.2, 0.25) is 0 Å². The monoisotopic (exact) mass is 461 g/mol. The summed E-state index contributed by atoms with van der Waals surface area (Å²) in [4.78, 5) is 19.5. The maximum atomic E-state index is 12.6. The van der Waals surface area contributed by atoms with Crippen molar-refractivity contribution in [1.29, 1.82) is 0 Å². The number of sulfonamides is 1. The van der Waals surface area contributed by atoms with Crippen LogP contribution in [-0.2, 0) is 10.0 Å². The highest BCUT2D eigenvalue weighted by Gasteiger charge is 2.22. The molecular formula is C22H27N3O4S2. The van der Waals surface area contributed by atoms with Crippen molar-refractivity contribution in [2.24, 2.45) is 0 Å². The highest BCUT2D eigenvalue weighted by atomic mass is 32.2. The van der Waals surface area contributed by atoms with Crippen molar-refractivity contribution in [3.05, 3.63) is 48.0 Å². The Bertz CT molecular complexity index is 1150. The van der Waals surface area contributed by atoms with Crippen LogP contribution in [0.4, 0.5) is 5.13 Å². The summed E-state index contributed by atoms with van der Waals surface area (Å²) in [6.07, 6.45) is 0. The van der Waals surface area contributed by atoms with Crippen LogP contribution in [0.5, 0.6) is 5.75 Å². The lowest BCUT2D eigenvalue weighted by atomic mass is 10.2. The minimum Gasteiger partial charge on any atom is -0.423 e. The topological polar surface area (TPSA) is 79.8 Å². The van der Waals surface area contributed by atoms with Gasteiger partial charge in [-0.1, -0.05) is 25.2 Å². The second-order valence-electron chi connectivity index (χ2n) is 6.80. The van der Waals surface area contributed by atoms with E-state index in [0.717, 1.165) is 28.4 Å². The molecule has 3 aromatic rings. The molecule has 0 radical (unpaired) electrons. The normalized spacial score (nSPS) is 11.8. The second kappa shape index (κ2) is 9.76. The molecule has 0 spiro atoms. The minimum atomic E-state index is -3.56. The van der Waals surface area contributed by atoms with Crippen molar-refractivity contribution >= 4 is 42.7 Å². The van der Waals surface area contributed by atoms with E-state index in [0.29, 0.717) is 18.8 Å². The SMILES string of the molecule is CCN(CC)c1nc2ccc(OC(=O)c3ccc(S(=O)(=O)N(CC)CC)cc3)cc2s1. The molecule has 0 bridgehead atoms. The second-order valence-corrected chi connectivity index (χ2v) is 9.75. The minimum absolute atomic E-state index is 0.155. The van der Waals surface area contributed by atoms with Gasteiger partial charge in [0.05, 0.1) is 20.7 Å². The molecule has 0 fully saturated rings. The van der Waals surface area contributed by atoms with E-state index >= 15 is 0 Å². The molecule has 3 rings (SSSR count). The predicted molar refractivity (Wildman–Crippen MR) is 125 cm³/mol. The molecule has 7 nitrogen and oxygen atoms in total. The van der Waals surface area contributed by atoms with Crippen LogP contribution >= 0.6 is 11.3 Å². The smallest absolute Gasteiger partial charge is 0.343 e. The highest BCUT2D eigenvalue weighted by molar-refractivity contribution is 7.89. The van der Waals surface area contributed by atoms with Gasteiger partial charge < -0.3 is 9.64 Å². The molecule has 0 atom stereocenters. The molecule has 0 amide bonds. The number of hydrogen-bond acceptors (Lipinski definition) is 7. The zero-order valence-electron chi connectivity index (χ0n) is 18.2. The summed E-state index contributed by atoms with van der Waals surface area (Å²) < 4.78 is 33.0. The summed E-state index contributed by atoms with van der Waals surface area (Å²) >= 11 is 1.56. The van der Waals surface area contributed by atoms with Crippen LogP contribution < -0.4 is 9.64 Å². The summed E-state index contributed by atoms with van der Waals surface area (Å²) in [5, 5.41) is 0.938. The highest BCUT2D eigenvalue weighted by Crippen LogP contribution is 2.31. The number of esters is 1. The summed E-state index contributed by atoms with van der Waals surface area (Å²) in [6, 6.07) is 11.2. The Balaban J connectivity index is 1.77. The first-order valence-corrected chi connectivity index (χ1v) is 12.6. The van der Waals surface area contributed by atoms with E-state index in [-0.39, 0.29) is 10.5 Å². The Labute approximate surface area is 187 Å². The third-order valence-corrected chi connectivity index (χ3v) is 8.17. The van der Waals surface area contributed by atoms with E-state index in [2.05, 4.69) is 23.7 Å². The summed E-state index contributed by atoms with van der Waals surface area (Å²) in [7, 11) is -3.56. The molecule has 2 aromatic carbocycles. The summed E-state index contributed by atoms with van der Waals surface area (Å²) in [5.41, 5.74) is 1.14. The van der Waals surface area contributed by atoms with Crippen molar-refractivity contribution in [3.8, 4) is 5.75 Å². The number of hydrogen-bond donors (Lipinski definition) is 0. The molecule has 0 aliphatic heterocycles. The van der Waals surface area contributed by atoms with Gasteiger partial charge in [0.15, 0.2) is 5.13 Å². The molecule has 1 aromatic heterocycles. The van der Waals surface area contributed by atoms with E-state index in [9.17, 15) is 13.2 Å². The van der Waals surface area contributed by atoms with Crippen molar-refractivity contribution in [2.45, 2.75) is 32.6 Å². The first-order valence-electron chi connectivity index (χ1n) is 10.3. The van der Waals surface area contributed by atoms with Gasteiger partial charge in [0.25, 0.3) is 0 Å². The van der Waals surface area contributed by atoms with Gasteiger partial charge in [-0.15, -0.1) is 0 Å². The fourth-order valence-electron chi connectivity index (χ4n) is 3.23. The third-order valence-electron chi connectivity index (χ3n) is 5.03. The molecule has 9 heteroatoms. The number of nitrogens with zero attached hydrogens (tertiary/aromatic N) is 3. The molecular weight excluding hydrogens is 434 g/mol. The van der Waals surface area contributed by atoms with Crippen LogP contribution in [0.25, 0.3) is 10.2 Å². The number of carbonyl (C=O) groups is 1. The lowest BCUT2D eigenvalue weighted by molar-refractivity contribution is 0.0735. The first-order chi connectivity index (χ1) is 14.8. The molecule has 0 saturated heterocycles. The predicted octanol–water partition coefficient (Wildman–Crippen LogP) is 4.39. The van der Waals surface area contributed by atoms with Gasteiger partial charge in [0.1, 0.15) is 5.75 Å². The van der Waals surface area contributed by atoms with Gasteiger partial charge in [-0.05, 0) is 50.2 Å². The molecule has 31 heavy (non-hydrogen) atoms. The van der Waals surface area contributed by atoms with Crippen molar-refractivity contribution in [1.82, 2.24) is 9.29 Å². The quantitative estimate of drug-likeness (QED) is 0.347. The Morgan fingerprint density at radius 2 is 1.61 bits per heavy atom. The number of anilines is 1. The first kappa shape index (κ1) is 23.2. The standard InChI is InChI=1S/C22H27N3O4S2/c1-5-24(6-2)22-23-19-14-11-17(15-20(19)30-22)29-21(26)16-9-12-18(13-10-16)31(27,28)25(7-3)8-4/h9-15H,5-8H2,1-4H3. The average molecular weight is 462 g/mol. The molecule has 0 N–H and O–H groups in total. The van der Waals surface area contributed by atoms with E-state index in [4.69, 9.17) is 4.74 Å². The Morgan fingerprint density at radius 1 is 0.968 bits per heavy atom. The zero-order chi connectivity index (χ0) is 22.6. The lowest BCUT2D eigenvalue weighted by Gasteiger charge is -2.18. The largest absolute Gasteiger partial charge is 0.423 e. The summed E-state index contributed by atoms with van der Waals surface area (Å²) in [6.45, 7) is 10.3. The number of carbonyl (C=O) groups excluding carboxylic acids is 1. The van der Waals surface area contributed by atoms with E-state index in [1.807, 2.05) is 6.07 Å². The molecule has 0 saturated carbocycles. The van der Waals surface area contributed by atoms with E-state index < -0.39 is 16.0 Å². The fraction of sp³-hybridized carbons (Fsp3) is 0.364. The number of fused-ring (bicyclic) bond motifs is 1. The Kier molecular flexibility index (Phi) is 7.30. The van der Waals surface area contributed by atoms with Crippen LogP contribution in [0.15, 0.2) is 47.4 Å². The van der Waals surface area contributed by atoms with E-state index in [1.165, 1.54) is 28.6 Å². The number of rotatable bonds is 9. The molecule has 0 aliphatic carbocycles. The lowest BCUT2D eigenvalue weighted by Crippen LogP contribution is -2.30. The van der Waals surface area contributed by atoms with Crippen LogP contribution in [0, 0.1) is 0 Å². The van der Waals surface area contributed by atoms with Crippen LogP contribution in [0.1, 0.15) is 38.1 Å². The van der Waals surface area contributed by atoms with Crippen molar-refractivity contribution in [2.75, 3.05) is 31.1 Å². The van der Waals surface area contributed by atoms with E-state index in [1.54, 1.807) is 37.3 Å². The van der Waals surface area contributed by atoms with Crippen LogP contribution in [-0.4, -0.2) is 49.9 Å². The Hall–Kier alpha value is -2.49. The van der Waals surface area contributed by atoms with Crippen molar-refractivity contribution < 1.29 is 17.9 Å². The van der Waals surface area contributed by atoms with Crippen LogP contribution in [0.3, 0.4) is 0 Å². The average Bonchev–Trinajstić information content (AvgIpc) is 3.18. The van der Waals surface area contributed by atoms with Gasteiger partial charge >= 0.3 is 5.97 Å². The molecule has 0 unspecified atom stereocenters. The van der Waals surface area contributed by atoms with Gasteiger partial charge in [0, 0.05) is 32.2 Å². The number of benzene rings is 2. The van der Waals surface area contributed by atoms with Gasteiger partial charge in [-0.3, -0.25) is 0 Å². The maximum absolute atomic E-state index is 12.6. The number of aromatic nitrogens is 1. The molecule has 0 aliphatic rings. The van der Waals surface area contributed by atoms with Gasteiger partial charge in [-0.25, -0.2) is 18.2 Å². The Morgan fingerprint density at radius 3 is 2.19 bits per heavy atom. The molecule has 1 heterocycles. The summed E-state index contributed by atoms with van der Waals surface area (Å²) in [5.74, 6) is -0.119. The zero-order valence-corrected chi connectivity index (χ0v) is 19.8. The third kappa shape index (κ3) is 4.89.